The molecule has 2 rings (SSSR count). The van der Waals surface area contributed by atoms with Crippen molar-refractivity contribution in [1.29, 1.82) is 0 Å². The van der Waals surface area contributed by atoms with Crippen LogP contribution in [0, 0.1) is 10.1 Å². The van der Waals surface area contributed by atoms with Crippen LogP contribution in [0.2, 0.25) is 0 Å². The second-order valence-electron chi connectivity index (χ2n) is 3.98. The maximum Gasteiger partial charge on any atom is 0.407 e. The van der Waals surface area contributed by atoms with Gasteiger partial charge in [-0.1, -0.05) is 18.2 Å². The van der Waals surface area contributed by atoms with E-state index in [0.717, 1.165) is 5.57 Å². The molecule has 1 aromatic carbocycles. The first kappa shape index (κ1) is 12.1. The minimum absolute atomic E-state index is 0.0625. The summed E-state index contributed by atoms with van der Waals surface area (Å²) in [7, 11) is 0. The van der Waals surface area contributed by atoms with Crippen molar-refractivity contribution in [1.82, 2.24) is 4.90 Å². The van der Waals surface area contributed by atoms with Crippen molar-refractivity contribution in [2.24, 2.45) is 0 Å². The number of nitro benzene ring substituents is 1. The van der Waals surface area contributed by atoms with Crippen LogP contribution in [0.15, 0.2) is 30.3 Å². The van der Waals surface area contributed by atoms with Crippen LogP contribution in [0.4, 0.5) is 10.5 Å². The van der Waals surface area contributed by atoms with Gasteiger partial charge in [0.15, 0.2) is 0 Å². The van der Waals surface area contributed by atoms with E-state index in [4.69, 9.17) is 5.11 Å². The molecule has 1 aliphatic heterocycles. The number of hydrogen-bond donors (Lipinski definition) is 1. The van der Waals surface area contributed by atoms with Crippen molar-refractivity contribution in [3.63, 3.8) is 0 Å². The van der Waals surface area contributed by atoms with Crippen LogP contribution in [-0.2, 0) is 0 Å². The summed E-state index contributed by atoms with van der Waals surface area (Å²) in [5.41, 5.74) is 1.47. The van der Waals surface area contributed by atoms with E-state index in [-0.39, 0.29) is 12.2 Å². The Kier molecular flexibility index (Phi) is 3.27. The molecule has 0 saturated carbocycles. The molecule has 1 amide bonds. The Morgan fingerprint density at radius 3 is 2.67 bits per heavy atom. The molecule has 0 saturated heterocycles. The van der Waals surface area contributed by atoms with Crippen molar-refractivity contribution in [2.75, 3.05) is 13.1 Å². The van der Waals surface area contributed by atoms with Gasteiger partial charge in [0.1, 0.15) is 0 Å². The molecule has 1 N–H and O–H groups in total. The molecule has 0 bridgehead atoms. The number of amides is 1. The molecular formula is C12H12N2O4. The monoisotopic (exact) mass is 248 g/mol. The molecule has 0 fully saturated rings. The first-order valence-electron chi connectivity index (χ1n) is 5.50. The predicted molar refractivity (Wildman–Crippen MR) is 65.3 cm³/mol. The van der Waals surface area contributed by atoms with Crippen molar-refractivity contribution in [3.8, 4) is 0 Å². The molecule has 6 heteroatoms. The summed E-state index contributed by atoms with van der Waals surface area (Å²) in [6, 6.07) is 6.52. The number of benzene rings is 1. The van der Waals surface area contributed by atoms with Gasteiger partial charge in [-0.25, -0.2) is 4.79 Å². The van der Waals surface area contributed by atoms with Crippen LogP contribution in [-0.4, -0.2) is 34.1 Å². The third-order valence-electron chi connectivity index (χ3n) is 2.93. The molecule has 0 aromatic heterocycles. The molecule has 94 valence electrons. The van der Waals surface area contributed by atoms with Gasteiger partial charge in [0.05, 0.1) is 10.5 Å². The lowest BCUT2D eigenvalue weighted by atomic mass is 9.98. The molecule has 6 nitrogen and oxygen atoms in total. The van der Waals surface area contributed by atoms with Gasteiger partial charge in [-0.3, -0.25) is 10.1 Å². The van der Waals surface area contributed by atoms with Crippen LogP contribution in [0.1, 0.15) is 12.0 Å². The maximum atomic E-state index is 10.9. The van der Waals surface area contributed by atoms with Gasteiger partial charge in [0.2, 0.25) is 0 Å². The second-order valence-corrected chi connectivity index (χ2v) is 3.98. The number of rotatable bonds is 2. The Bertz CT molecular complexity index is 525. The summed E-state index contributed by atoms with van der Waals surface area (Å²) in [5, 5.41) is 19.7. The van der Waals surface area contributed by atoms with E-state index in [1.54, 1.807) is 24.3 Å². The average molecular weight is 248 g/mol. The fourth-order valence-electron chi connectivity index (χ4n) is 1.99. The molecule has 1 aromatic rings. The molecule has 0 atom stereocenters. The summed E-state index contributed by atoms with van der Waals surface area (Å²) >= 11 is 0. The first-order valence-corrected chi connectivity index (χ1v) is 5.50. The number of hydrogen-bond acceptors (Lipinski definition) is 3. The van der Waals surface area contributed by atoms with Gasteiger partial charge >= 0.3 is 6.09 Å². The van der Waals surface area contributed by atoms with Crippen molar-refractivity contribution >= 4 is 17.4 Å². The Hall–Kier alpha value is -2.37. The number of carboxylic acid groups (broad SMARTS) is 1. The van der Waals surface area contributed by atoms with Gasteiger partial charge in [-0.15, -0.1) is 0 Å². The number of para-hydroxylation sites is 1. The smallest absolute Gasteiger partial charge is 0.407 e. The highest BCUT2D eigenvalue weighted by Gasteiger charge is 2.21. The fourth-order valence-corrected chi connectivity index (χ4v) is 1.99. The van der Waals surface area contributed by atoms with E-state index < -0.39 is 11.0 Å². The van der Waals surface area contributed by atoms with E-state index in [1.165, 1.54) is 11.0 Å². The Morgan fingerprint density at radius 1 is 1.39 bits per heavy atom. The Morgan fingerprint density at radius 2 is 2.11 bits per heavy atom. The van der Waals surface area contributed by atoms with E-state index in [9.17, 15) is 14.9 Å². The minimum atomic E-state index is -0.965. The highest BCUT2D eigenvalue weighted by molar-refractivity contribution is 5.75. The lowest BCUT2D eigenvalue weighted by Crippen LogP contribution is -2.33. The lowest BCUT2D eigenvalue weighted by Gasteiger charge is -2.23. The number of carbonyl (C=O) groups is 1. The highest BCUT2D eigenvalue weighted by atomic mass is 16.6. The van der Waals surface area contributed by atoms with Crippen molar-refractivity contribution in [3.05, 3.63) is 46.0 Å². The summed E-state index contributed by atoms with van der Waals surface area (Å²) in [6.07, 6.45) is 1.27. The fraction of sp³-hybridized carbons (Fsp3) is 0.250. The van der Waals surface area contributed by atoms with Crippen LogP contribution >= 0.6 is 0 Å². The topological polar surface area (TPSA) is 83.7 Å². The lowest BCUT2D eigenvalue weighted by molar-refractivity contribution is -0.385. The van der Waals surface area contributed by atoms with Gasteiger partial charge in [0.25, 0.3) is 5.69 Å². The van der Waals surface area contributed by atoms with E-state index in [1.807, 2.05) is 0 Å². The van der Waals surface area contributed by atoms with Crippen molar-refractivity contribution in [2.45, 2.75) is 6.42 Å². The Balaban J connectivity index is 2.29. The summed E-state index contributed by atoms with van der Waals surface area (Å²) in [4.78, 5) is 22.5. The maximum absolute atomic E-state index is 10.9. The standard InChI is InChI=1S/C12H12N2O4/c15-12(16)13-7-5-9(6-8-13)10-3-1-2-4-11(10)14(17)18/h1-5H,6-8H2,(H,15,16). The Labute approximate surface area is 103 Å². The van der Waals surface area contributed by atoms with Gasteiger partial charge in [-0.05, 0) is 18.1 Å². The van der Waals surface area contributed by atoms with Gasteiger partial charge < -0.3 is 10.0 Å². The zero-order valence-electron chi connectivity index (χ0n) is 9.57. The van der Waals surface area contributed by atoms with Gasteiger partial charge in [0, 0.05) is 19.2 Å². The zero-order valence-corrected chi connectivity index (χ0v) is 9.57. The molecule has 1 heterocycles. The van der Waals surface area contributed by atoms with Crippen LogP contribution in [0.5, 0.6) is 0 Å². The quantitative estimate of drug-likeness (QED) is 0.643. The normalized spacial score (nSPS) is 15.1. The molecule has 0 aliphatic carbocycles. The third-order valence-corrected chi connectivity index (χ3v) is 2.93. The van der Waals surface area contributed by atoms with Crippen molar-refractivity contribution < 1.29 is 14.8 Å². The van der Waals surface area contributed by atoms with E-state index in [0.29, 0.717) is 18.5 Å². The summed E-state index contributed by atoms with van der Waals surface area (Å²) in [5.74, 6) is 0. The summed E-state index contributed by atoms with van der Waals surface area (Å²) < 4.78 is 0. The molecule has 1 aliphatic rings. The molecule has 0 radical (unpaired) electrons. The first-order chi connectivity index (χ1) is 8.59. The molecule has 0 unspecified atom stereocenters. The number of nitrogens with zero attached hydrogens (tertiary/aromatic N) is 2. The second kappa shape index (κ2) is 4.87. The number of nitro groups is 1. The van der Waals surface area contributed by atoms with E-state index in [2.05, 4.69) is 0 Å². The third kappa shape index (κ3) is 2.32. The summed E-state index contributed by atoms with van der Waals surface area (Å²) in [6.45, 7) is 0.643. The predicted octanol–water partition coefficient (Wildman–Crippen LogP) is 2.36. The molecular weight excluding hydrogens is 236 g/mol. The van der Waals surface area contributed by atoms with Crippen LogP contribution in [0.25, 0.3) is 5.57 Å². The average Bonchev–Trinajstić information content (AvgIpc) is 2.39. The largest absolute Gasteiger partial charge is 0.465 e. The SMILES string of the molecule is O=C(O)N1CC=C(c2ccccc2[N+](=O)[O-])CC1. The molecule has 18 heavy (non-hydrogen) atoms. The zero-order chi connectivity index (χ0) is 13.1. The minimum Gasteiger partial charge on any atom is -0.465 e. The molecule has 0 spiro atoms. The highest BCUT2D eigenvalue weighted by Crippen LogP contribution is 2.29. The van der Waals surface area contributed by atoms with E-state index >= 15 is 0 Å². The van der Waals surface area contributed by atoms with Gasteiger partial charge in [-0.2, -0.15) is 0 Å². The van der Waals surface area contributed by atoms with Crippen LogP contribution in [0.3, 0.4) is 0 Å². The van der Waals surface area contributed by atoms with Crippen LogP contribution < -0.4 is 0 Å².